The van der Waals surface area contributed by atoms with Crippen molar-refractivity contribution in [2.24, 2.45) is 5.73 Å². The molecule has 2 aromatic carbocycles. The number of amides is 1. The third kappa shape index (κ3) is 4.03. The number of hydrogen-bond acceptors (Lipinski definition) is 5. The van der Waals surface area contributed by atoms with E-state index in [1.54, 1.807) is 0 Å². The van der Waals surface area contributed by atoms with E-state index in [9.17, 15) is 4.79 Å². The Labute approximate surface area is 169 Å². The molecule has 148 valence electrons. The second kappa shape index (κ2) is 8.29. The molecular formula is C21H24ClN3O3. The zero-order chi connectivity index (χ0) is 19.5. The highest BCUT2D eigenvalue weighted by atomic mass is 35.5. The van der Waals surface area contributed by atoms with Gasteiger partial charge in [0, 0.05) is 47.2 Å². The van der Waals surface area contributed by atoms with Gasteiger partial charge in [-0.15, -0.1) is 0 Å². The molecule has 0 saturated carbocycles. The first-order valence-electron chi connectivity index (χ1n) is 9.56. The predicted octanol–water partition coefficient (Wildman–Crippen LogP) is 3.91. The summed E-state index contributed by atoms with van der Waals surface area (Å²) in [6.07, 6.45) is 3.61. The minimum Gasteiger partial charge on any atom is -0.467 e. The van der Waals surface area contributed by atoms with Crippen molar-refractivity contribution < 1.29 is 14.3 Å². The summed E-state index contributed by atoms with van der Waals surface area (Å²) in [5.74, 6) is 0.341. The predicted molar refractivity (Wildman–Crippen MR) is 110 cm³/mol. The molecule has 0 bridgehead atoms. The summed E-state index contributed by atoms with van der Waals surface area (Å²) < 4.78 is 11.0. The van der Waals surface area contributed by atoms with Crippen LogP contribution in [0.25, 0.3) is 0 Å². The summed E-state index contributed by atoms with van der Waals surface area (Å²) in [5.41, 5.74) is 9.73. The van der Waals surface area contributed by atoms with Gasteiger partial charge >= 0.3 is 0 Å². The van der Waals surface area contributed by atoms with Crippen LogP contribution in [-0.4, -0.2) is 25.8 Å². The Kier molecular flexibility index (Phi) is 5.59. The highest BCUT2D eigenvalue weighted by molar-refractivity contribution is 6.30. The molecule has 0 aromatic heterocycles. The maximum atomic E-state index is 12.1. The number of rotatable bonds is 5. The molecule has 2 aliphatic heterocycles. The van der Waals surface area contributed by atoms with Crippen molar-refractivity contribution in [1.29, 1.82) is 0 Å². The minimum atomic E-state index is -0.445. The quantitative estimate of drug-likeness (QED) is 0.794. The number of nitrogens with one attached hydrogen (secondary N) is 1. The molecule has 2 aliphatic rings. The zero-order valence-corrected chi connectivity index (χ0v) is 16.4. The van der Waals surface area contributed by atoms with Crippen LogP contribution < -0.4 is 20.7 Å². The zero-order valence-electron chi connectivity index (χ0n) is 15.7. The third-order valence-corrected chi connectivity index (χ3v) is 5.43. The number of carbonyl (C=O) groups is 1. The van der Waals surface area contributed by atoms with E-state index in [1.165, 1.54) is 19.3 Å². The number of halogens is 1. The smallest absolute Gasteiger partial charge is 0.250 e. The SMILES string of the molecule is NC(=O)c1cc(N2CCCCC2)ccc1NCc1cc(Cl)cc2c1OCOC2. The van der Waals surface area contributed by atoms with Gasteiger partial charge in [0.05, 0.1) is 12.2 Å². The maximum Gasteiger partial charge on any atom is 0.250 e. The van der Waals surface area contributed by atoms with Gasteiger partial charge in [-0.25, -0.2) is 0 Å². The minimum absolute atomic E-state index is 0.221. The molecule has 1 saturated heterocycles. The number of fused-ring (bicyclic) bond motifs is 1. The van der Waals surface area contributed by atoms with Crippen molar-refractivity contribution in [3.05, 3.63) is 52.0 Å². The lowest BCUT2D eigenvalue weighted by Crippen LogP contribution is -2.29. The van der Waals surface area contributed by atoms with Crippen LogP contribution in [0.5, 0.6) is 5.75 Å². The Bertz CT molecular complexity index is 881. The molecule has 0 spiro atoms. The van der Waals surface area contributed by atoms with Gasteiger partial charge in [-0.05, 0) is 49.6 Å². The highest BCUT2D eigenvalue weighted by Gasteiger charge is 2.18. The first kappa shape index (κ1) is 18.9. The van der Waals surface area contributed by atoms with E-state index in [4.69, 9.17) is 26.8 Å². The van der Waals surface area contributed by atoms with Crippen LogP contribution in [-0.2, 0) is 17.9 Å². The number of ether oxygens (including phenoxy) is 2. The standard InChI is InChI=1S/C21H24ClN3O3/c22-16-8-14(20-15(9-16)12-27-13-28-20)11-24-19-5-4-17(10-18(19)21(23)26)25-6-2-1-3-7-25/h4-5,8-10,24H,1-3,6-7,11-13H2,(H2,23,26). The molecule has 28 heavy (non-hydrogen) atoms. The average molecular weight is 402 g/mol. The number of nitrogens with two attached hydrogens (primary N) is 1. The Balaban J connectivity index is 1.56. The van der Waals surface area contributed by atoms with Crippen LogP contribution >= 0.6 is 11.6 Å². The molecule has 4 rings (SSSR count). The number of carbonyl (C=O) groups excluding carboxylic acids is 1. The van der Waals surface area contributed by atoms with Gasteiger partial charge in [-0.2, -0.15) is 0 Å². The lowest BCUT2D eigenvalue weighted by atomic mass is 10.1. The van der Waals surface area contributed by atoms with Crippen molar-refractivity contribution >= 4 is 28.9 Å². The molecule has 0 aliphatic carbocycles. The fraction of sp³-hybridized carbons (Fsp3) is 0.381. The normalized spacial score (nSPS) is 16.2. The van der Waals surface area contributed by atoms with Crippen molar-refractivity contribution in [3.63, 3.8) is 0 Å². The number of piperidine rings is 1. The summed E-state index contributed by atoms with van der Waals surface area (Å²) in [7, 11) is 0. The lowest BCUT2D eigenvalue weighted by molar-refractivity contribution is -0.0169. The summed E-state index contributed by atoms with van der Waals surface area (Å²) in [4.78, 5) is 14.4. The van der Waals surface area contributed by atoms with Gasteiger partial charge < -0.3 is 25.4 Å². The van der Waals surface area contributed by atoms with Gasteiger partial charge in [0.2, 0.25) is 0 Å². The van der Waals surface area contributed by atoms with E-state index in [1.807, 2.05) is 30.3 Å². The van der Waals surface area contributed by atoms with Gasteiger partial charge in [0.25, 0.3) is 5.91 Å². The summed E-state index contributed by atoms with van der Waals surface area (Å²) >= 11 is 6.23. The Morgan fingerprint density at radius 1 is 1.18 bits per heavy atom. The Morgan fingerprint density at radius 3 is 2.79 bits per heavy atom. The molecular weight excluding hydrogens is 378 g/mol. The van der Waals surface area contributed by atoms with Crippen LogP contribution in [0, 0.1) is 0 Å². The summed E-state index contributed by atoms with van der Waals surface area (Å²) in [6, 6.07) is 9.56. The maximum absolute atomic E-state index is 12.1. The number of anilines is 2. The average Bonchev–Trinajstić information content (AvgIpc) is 2.72. The van der Waals surface area contributed by atoms with Crippen molar-refractivity contribution in [2.45, 2.75) is 32.4 Å². The monoisotopic (exact) mass is 401 g/mol. The fourth-order valence-corrected chi connectivity index (χ4v) is 4.08. The number of hydrogen-bond donors (Lipinski definition) is 2. The van der Waals surface area contributed by atoms with Crippen molar-refractivity contribution in [2.75, 3.05) is 30.1 Å². The highest BCUT2D eigenvalue weighted by Crippen LogP contribution is 2.33. The van der Waals surface area contributed by atoms with E-state index >= 15 is 0 Å². The van der Waals surface area contributed by atoms with Crippen LogP contribution in [0.4, 0.5) is 11.4 Å². The van der Waals surface area contributed by atoms with Crippen LogP contribution in [0.1, 0.15) is 40.7 Å². The van der Waals surface area contributed by atoms with Gasteiger partial charge in [0.15, 0.2) is 6.79 Å². The second-order valence-electron chi connectivity index (χ2n) is 7.16. The topological polar surface area (TPSA) is 76.8 Å². The van der Waals surface area contributed by atoms with Crippen molar-refractivity contribution in [3.8, 4) is 5.75 Å². The number of nitrogens with zero attached hydrogens (tertiary/aromatic N) is 1. The number of primary amides is 1. The Morgan fingerprint density at radius 2 is 2.00 bits per heavy atom. The van der Waals surface area contributed by atoms with Crippen LogP contribution in [0.3, 0.4) is 0 Å². The summed E-state index contributed by atoms with van der Waals surface area (Å²) in [6.45, 7) is 3.18. The van der Waals surface area contributed by atoms with Crippen LogP contribution in [0.2, 0.25) is 5.02 Å². The molecule has 1 amide bonds. The molecule has 7 heteroatoms. The third-order valence-electron chi connectivity index (χ3n) is 5.21. The second-order valence-corrected chi connectivity index (χ2v) is 7.60. The van der Waals surface area contributed by atoms with Gasteiger partial charge in [0.1, 0.15) is 5.75 Å². The lowest BCUT2D eigenvalue weighted by Gasteiger charge is -2.29. The first-order chi connectivity index (χ1) is 13.6. The molecule has 0 atom stereocenters. The van der Waals surface area contributed by atoms with Crippen molar-refractivity contribution in [1.82, 2.24) is 0 Å². The molecule has 3 N–H and O–H groups in total. The van der Waals surface area contributed by atoms with Crippen LogP contribution in [0.15, 0.2) is 30.3 Å². The largest absolute Gasteiger partial charge is 0.467 e. The summed E-state index contributed by atoms with van der Waals surface area (Å²) in [5, 5.41) is 3.94. The molecule has 6 nitrogen and oxygen atoms in total. The van der Waals surface area contributed by atoms with E-state index in [2.05, 4.69) is 10.2 Å². The van der Waals surface area contributed by atoms with E-state index < -0.39 is 5.91 Å². The fourth-order valence-electron chi connectivity index (χ4n) is 3.82. The molecule has 0 unspecified atom stereocenters. The molecule has 1 fully saturated rings. The van der Waals surface area contributed by atoms with E-state index in [0.29, 0.717) is 29.4 Å². The first-order valence-corrected chi connectivity index (χ1v) is 9.94. The molecule has 0 radical (unpaired) electrons. The van der Waals surface area contributed by atoms with Gasteiger partial charge in [-0.1, -0.05) is 11.6 Å². The van der Waals surface area contributed by atoms with Gasteiger partial charge in [-0.3, -0.25) is 4.79 Å². The molecule has 2 aromatic rings. The Hall–Kier alpha value is -2.44. The van der Waals surface area contributed by atoms with E-state index in [-0.39, 0.29) is 6.79 Å². The molecule has 2 heterocycles. The number of benzene rings is 2. The van der Waals surface area contributed by atoms with E-state index in [0.717, 1.165) is 35.7 Å².